The molecule has 0 radical (unpaired) electrons. The molecule has 0 aliphatic carbocycles. The normalized spacial score (nSPS) is 10.7. The van der Waals surface area contributed by atoms with Crippen LogP contribution in [-0.2, 0) is 24.5 Å². The SMILES string of the molecule is NCc1ccoc1COCc1ccccc1F. The second-order valence-electron chi connectivity index (χ2n) is 3.66. The molecular formula is C13H14FNO2. The molecule has 1 aromatic carbocycles. The first-order valence-electron chi connectivity index (χ1n) is 5.37. The molecule has 2 aromatic rings. The Hall–Kier alpha value is -1.65. The van der Waals surface area contributed by atoms with E-state index in [1.54, 1.807) is 24.5 Å². The molecular weight excluding hydrogens is 221 g/mol. The van der Waals surface area contributed by atoms with Crippen molar-refractivity contribution in [3.05, 3.63) is 59.3 Å². The third-order valence-electron chi connectivity index (χ3n) is 2.51. The van der Waals surface area contributed by atoms with Gasteiger partial charge in [-0.05, 0) is 12.1 Å². The van der Waals surface area contributed by atoms with Gasteiger partial charge in [-0.15, -0.1) is 0 Å². The van der Waals surface area contributed by atoms with Gasteiger partial charge in [-0.1, -0.05) is 18.2 Å². The zero-order valence-electron chi connectivity index (χ0n) is 9.36. The average molecular weight is 235 g/mol. The van der Waals surface area contributed by atoms with E-state index in [1.165, 1.54) is 6.07 Å². The number of hydrogen-bond donors (Lipinski definition) is 1. The Balaban J connectivity index is 1.90. The van der Waals surface area contributed by atoms with E-state index in [1.807, 2.05) is 6.07 Å². The van der Waals surface area contributed by atoms with Crippen LogP contribution in [0.2, 0.25) is 0 Å². The van der Waals surface area contributed by atoms with E-state index in [-0.39, 0.29) is 12.4 Å². The Morgan fingerprint density at radius 1 is 1.12 bits per heavy atom. The average Bonchev–Trinajstić information content (AvgIpc) is 2.79. The van der Waals surface area contributed by atoms with E-state index in [0.717, 1.165) is 5.56 Å². The molecule has 1 aromatic heterocycles. The molecule has 3 nitrogen and oxygen atoms in total. The molecule has 0 saturated carbocycles. The Bertz CT molecular complexity index is 482. The Kier molecular flexibility index (Phi) is 3.90. The van der Waals surface area contributed by atoms with Crippen molar-refractivity contribution in [3.63, 3.8) is 0 Å². The van der Waals surface area contributed by atoms with Crippen molar-refractivity contribution in [1.29, 1.82) is 0 Å². The molecule has 17 heavy (non-hydrogen) atoms. The second kappa shape index (κ2) is 5.61. The molecule has 0 spiro atoms. The van der Waals surface area contributed by atoms with Gasteiger partial charge < -0.3 is 14.9 Å². The van der Waals surface area contributed by atoms with Gasteiger partial charge in [0.05, 0.1) is 12.9 Å². The van der Waals surface area contributed by atoms with Crippen molar-refractivity contribution in [2.45, 2.75) is 19.8 Å². The maximum absolute atomic E-state index is 13.3. The van der Waals surface area contributed by atoms with Crippen LogP contribution in [0, 0.1) is 5.82 Å². The number of nitrogens with two attached hydrogens (primary N) is 1. The highest BCUT2D eigenvalue weighted by Crippen LogP contribution is 2.13. The predicted octanol–water partition coefficient (Wildman–Crippen LogP) is 2.59. The summed E-state index contributed by atoms with van der Waals surface area (Å²) in [6.07, 6.45) is 1.57. The number of ether oxygens (including phenoxy) is 1. The minimum absolute atomic E-state index is 0.220. The van der Waals surface area contributed by atoms with Crippen molar-refractivity contribution >= 4 is 0 Å². The molecule has 0 bridgehead atoms. The highest BCUT2D eigenvalue weighted by molar-refractivity contribution is 5.17. The fraction of sp³-hybridized carbons (Fsp3) is 0.231. The van der Waals surface area contributed by atoms with Gasteiger partial charge in [-0.3, -0.25) is 0 Å². The molecule has 0 atom stereocenters. The highest BCUT2D eigenvalue weighted by Gasteiger charge is 2.06. The molecule has 0 fully saturated rings. The van der Waals surface area contributed by atoms with Crippen LogP contribution in [0.5, 0.6) is 0 Å². The smallest absolute Gasteiger partial charge is 0.133 e. The van der Waals surface area contributed by atoms with E-state index in [4.69, 9.17) is 14.9 Å². The highest BCUT2D eigenvalue weighted by atomic mass is 19.1. The number of rotatable bonds is 5. The van der Waals surface area contributed by atoms with E-state index in [2.05, 4.69) is 0 Å². The third-order valence-corrected chi connectivity index (χ3v) is 2.51. The number of hydrogen-bond acceptors (Lipinski definition) is 3. The van der Waals surface area contributed by atoms with Crippen LogP contribution in [0.15, 0.2) is 41.0 Å². The van der Waals surface area contributed by atoms with Crippen molar-refractivity contribution in [2.24, 2.45) is 5.73 Å². The quantitative estimate of drug-likeness (QED) is 0.866. The first kappa shape index (κ1) is 11.8. The molecule has 0 aliphatic heterocycles. The summed E-state index contributed by atoms with van der Waals surface area (Å²) in [5, 5.41) is 0. The van der Waals surface area contributed by atoms with Crippen LogP contribution in [0.1, 0.15) is 16.9 Å². The van der Waals surface area contributed by atoms with Gasteiger partial charge in [0.25, 0.3) is 0 Å². The van der Waals surface area contributed by atoms with Gasteiger partial charge in [-0.2, -0.15) is 0 Å². The summed E-state index contributed by atoms with van der Waals surface area (Å²) >= 11 is 0. The van der Waals surface area contributed by atoms with Gasteiger partial charge in [0.15, 0.2) is 0 Å². The molecule has 0 unspecified atom stereocenters. The topological polar surface area (TPSA) is 48.4 Å². The molecule has 1 heterocycles. The first-order valence-corrected chi connectivity index (χ1v) is 5.37. The number of halogens is 1. The lowest BCUT2D eigenvalue weighted by atomic mass is 10.2. The summed E-state index contributed by atoms with van der Waals surface area (Å²) in [4.78, 5) is 0. The molecule has 0 saturated heterocycles. The van der Waals surface area contributed by atoms with Gasteiger partial charge in [0.2, 0.25) is 0 Å². The van der Waals surface area contributed by atoms with Crippen LogP contribution >= 0.6 is 0 Å². The lowest BCUT2D eigenvalue weighted by Crippen LogP contribution is -2.01. The predicted molar refractivity (Wildman–Crippen MR) is 61.5 cm³/mol. The lowest BCUT2D eigenvalue weighted by Gasteiger charge is -2.04. The van der Waals surface area contributed by atoms with Gasteiger partial charge in [-0.25, -0.2) is 4.39 Å². The largest absolute Gasteiger partial charge is 0.467 e. The molecule has 2 rings (SSSR count). The maximum atomic E-state index is 13.3. The van der Waals surface area contributed by atoms with Crippen molar-refractivity contribution in [3.8, 4) is 0 Å². The monoisotopic (exact) mass is 235 g/mol. The minimum Gasteiger partial charge on any atom is -0.467 e. The first-order chi connectivity index (χ1) is 8.31. The molecule has 0 amide bonds. The van der Waals surface area contributed by atoms with Gasteiger partial charge in [0, 0.05) is 17.7 Å². The van der Waals surface area contributed by atoms with E-state index < -0.39 is 0 Å². The fourth-order valence-electron chi connectivity index (χ4n) is 1.54. The number of benzene rings is 1. The third kappa shape index (κ3) is 2.93. The zero-order chi connectivity index (χ0) is 12.1. The summed E-state index contributed by atoms with van der Waals surface area (Å²) in [5.74, 6) is 0.440. The van der Waals surface area contributed by atoms with Crippen LogP contribution in [-0.4, -0.2) is 0 Å². The Morgan fingerprint density at radius 2 is 1.94 bits per heavy atom. The molecule has 90 valence electrons. The molecule has 2 N–H and O–H groups in total. The van der Waals surface area contributed by atoms with Crippen molar-refractivity contribution < 1.29 is 13.5 Å². The van der Waals surface area contributed by atoms with E-state index in [9.17, 15) is 4.39 Å². The second-order valence-corrected chi connectivity index (χ2v) is 3.66. The standard InChI is InChI=1S/C13H14FNO2/c14-12-4-2-1-3-11(12)8-16-9-13-10(7-15)5-6-17-13/h1-6H,7-9,15H2. The van der Waals surface area contributed by atoms with Crippen LogP contribution in [0.25, 0.3) is 0 Å². The van der Waals surface area contributed by atoms with Crippen molar-refractivity contribution in [1.82, 2.24) is 0 Å². The van der Waals surface area contributed by atoms with E-state index >= 15 is 0 Å². The van der Waals surface area contributed by atoms with Crippen LogP contribution in [0.3, 0.4) is 0 Å². The van der Waals surface area contributed by atoms with Gasteiger partial charge >= 0.3 is 0 Å². The summed E-state index contributed by atoms with van der Waals surface area (Å²) in [6.45, 7) is 0.931. The molecule has 4 heteroatoms. The number of furan rings is 1. The van der Waals surface area contributed by atoms with Gasteiger partial charge in [0.1, 0.15) is 18.2 Å². The van der Waals surface area contributed by atoms with Crippen LogP contribution < -0.4 is 5.73 Å². The zero-order valence-corrected chi connectivity index (χ0v) is 9.36. The fourth-order valence-corrected chi connectivity index (χ4v) is 1.54. The maximum Gasteiger partial charge on any atom is 0.133 e. The Labute approximate surface area is 99.0 Å². The van der Waals surface area contributed by atoms with E-state index in [0.29, 0.717) is 24.5 Å². The van der Waals surface area contributed by atoms with Crippen LogP contribution in [0.4, 0.5) is 4.39 Å². The lowest BCUT2D eigenvalue weighted by molar-refractivity contribution is 0.0902. The van der Waals surface area contributed by atoms with Crippen molar-refractivity contribution in [2.75, 3.05) is 0 Å². The minimum atomic E-state index is -0.258. The summed E-state index contributed by atoms with van der Waals surface area (Å²) < 4.78 is 23.9. The summed E-state index contributed by atoms with van der Waals surface area (Å²) in [6, 6.07) is 8.35. The molecule has 0 aliphatic rings. The summed E-state index contributed by atoms with van der Waals surface area (Å²) in [7, 11) is 0. The Morgan fingerprint density at radius 3 is 2.71 bits per heavy atom. The summed E-state index contributed by atoms with van der Waals surface area (Å²) in [5.41, 5.74) is 6.98.